The molecule has 2 aromatic rings. The maximum Gasteiger partial charge on any atom is 0.0739 e. The van der Waals surface area contributed by atoms with Crippen LogP contribution in [0.1, 0.15) is 17.3 Å². The van der Waals surface area contributed by atoms with Crippen molar-refractivity contribution in [1.29, 1.82) is 0 Å². The van der Waals surface area contributed by atoms with Crippen LogP contribution in [0.2, 0.25) is 0 Å². The number of benzene rings is 1. The van der Waals surface area contributed by atoms with Gasteiger partial charge in [-0.1, -0.05) is 30.3 Å². The van der Waals surface area contributed by atoms with Crippen molar-refractivity contribution < 1.29 is 4.74 Å². The first-order valence-electron chi connectivity index (χ1n) is 5.74. The van der Waals surface area contributed by atoms with Crippen molar-refractivity contribution in [2.75, 3.05) is 13.7 Å². The minimum absolute atomic E-state index is 0.195. The molecule has 0 amide bonds. The number of methoxy groups -OCH3 is 1. The molecule has 2 N–H and O–H groups in total. The molecule has 1 unspecified atom stereocenters. The van der Waals surface area contributed by atoms with Gasteiger partial charge < -0.3 is 10.5 Å². The highest BCUT2D eigenvalue weighted by Crippen LogP contribution is 2.26. The molecule has 5 heteroatoms. The molecular formula is C13H16BrN3O. The zero-order valence-electron chi connectivity index (χ0n) is 10.2. The largest absolute Gasteiger partial charge is 0.383 e. The molecule has 1 atom stereocenters. The molecule has 0 bridgehead atoms. The lowest BCUT2D eigenvalue weighted by Gasteiger charge is -2.15. The lowest BCUT2D eigenvalue weighted by atomic mass is 10.1. The topological polar surface area (TPSA) is 53.1 Å². The molecule has 0 radical (unpaired) electrons. The summed E-state index contributed by atoms with van der Waals surface area (Å²) in [6.45, 7) is 1.31. The van der Waals surface area contributed by atoms with Crippen LogP contribution in [0.3, 0.4) is 0 Å². The van der Waals surface area contributed by atoms with Crippen LogP contribution < -0.4 is 5.73 Å². The van der Waals surface area contributed by atoms with Gasteiger partial charge in [0.2, 0.25) is 0 Å². The zero-order valence-corrected chi connectivity index (χ0v) is 11.8. The second-order valence-electron chi connectivity index (χ2n) is 3.98. The summed E-state index contributed by atoms with van der Waals surface area (Å²) in [6.07, 6.45) is 1.77. The number of aromatic nitrogens is 2. The van der Waals surface area contributed by atoms with E-state index in [0.717, 1.165) is 15.7 Å². The first kappa shape index (κ1) is 13.3. The summed E-state index contributed by atoms with van der Waals surface area (Å²) in [5.74, 6) is 0. The predicted molar refractivity (Wildman–Crippen MR) is 74.3 cm³/mol. The van der Waals surface area contributed by atoms with E-state index in [2.05, 4.69) is 21.0 Å². The first-order chi connectivity index (χ1) is 8.74. The fourth-order valence-electron chi connectivity index (χ4n) is 1.86. The fraction of sp³-hybridized carbons (Fsp3) is 0.308. The summed E-state index contributed by atoms with van der Waals surface area (Å²) in [6, 6.07) is 9.79. The lowest BCUT2D eigenvalue weighted by molar-refractivity contribution is 0.182. The molecule has 0 aliphatic heterocycles. The van der Waals surface area contributed by atoms with E-state index >= 15 is 0 Å². The molecule has 1 aromatic heterocycles. The van der Waals surface area contributed by atoms with E-state index < -0.39 is 0 Å². The molecule has 0 aliphatic rings. The van der Waals surface area contributed by atoms with Gasteiger partial charge in [0, 0.05) is 7.11 Å². The van der Waals surface area contributed by atoms with Crippen molar-refractivity contribution in [3.8, 4) is 0 Å². The van der Waals surface area contributed by atoms with Gasteiger partial charge in [0.1, 0.15) is 0 Å². The van der Waals surface area contributed by atoms with Crippen LogP contribution in [0.25, 0.3) is 0 Å². The number of hydrogen-bond acceptors (Lipinski definition) is 3. The van der Waals surface area contributed by atoms with Gasteiger partial charge in [0.05, 0.1) is 35.6 Å². The fourth-order valence-corrected chi connectivity index (χ4v) is 2.40. The highest BCUT2D eigenvalue weighted by molar-refractivity contribution is 9.10. The Labute approximate surface area is 115 Å². The Kier molecular flexibility index (Phi) is 4.52. The maximum atomic E-state index is 6.30. The van der Waals surface area contributed by atoms with Gasteiger partial charge in [-0.15, -0.1) is 0 Å². The third kappa shape index (κ3) is 2.80. The molecule has 0 aliphatic carbocycles. The van der Waals surface area contributed by atoms with Crippen LogP contribution in [0, 0.1) is 0 Å². The number of nitrogens with two attached hydrogens (primary N) is 1. The number of nitrogens with zero attached hydrogens (tertiary/aromatic N) is 2. The normalized spacial score (nSPS) is 12.6. The predicted octanol–water partition coefficient (Wildman–Crippen LogP) is 2.34. The Balaban J connectivity index is 2.29. The van der Waals surface area contributed by atoms with Crippen LogP contribution in [-0.4, -0.2) is 23.5 Å². The number of rotatable bonds is 5. The molecule has 0 fully saturated rings. The third-order valence-electron chi connectivity index (χ3n) is 2.79. The summed E-state index contributed by atoms with van der Waals surface area (Å²) in [4.78, 5) is 0. The Hall–Kier alpha value is -1.17. The van der Waals surface area contributed by atoms with E-state index in [-0.39, 0.29) is 6.04 Å². The number of hydrogen-bond donors (Lipinski definition) is 1. The average Bonchev–Trinajstić information content (AvgIpc) is 2.77. The van der Waals surface area contributed by atoms with Crippen molar-refractivity contribution in [2.24, 2.45) is 5.73 Å². The molecule has 18 heavy (non-hydrogen) atoms. The van der Waals surface area contributed by atoms with Crippen molar-refractivity contribution in [3.05, 3.63) is 52.3 Å². The Bertz CT molecular complexity index is 498. The molecule has 0 saturated heterocycles. The van der Waals surface area contributed by atoms with Gasteiger partial charge in [-0.25, -0.2) is 0 Å². The van der Waals surface area contributed by atoms with Crippen molar-refractivity contribution in [3.63, 3.8) is 0 Å². The molecular weight excluding hydrogens is 294 g/mol. The molecule has 4 nitrogen and oxygen atoms in total. The minimum atomic E-state index is -0.195. The monoisotopic (exact) mass is 309 g/mol. The number of halogens is 1. The van der Waals surface area contributed by atoms with Crippen LogP contribution in [0.5, 0.6) is 0 Å². The van der Waals surface area contributed by atoms with E-state index in [1.54, 1.807) is 13.3 Å². The van der Waals surface area contributed by atoms with Crippen molar-refractivity contribution in [1.82, 2.24) is 9.78 Å². The van der Waals surface area contributed by atoms with Crippen LogP contribution in [0.4, 0.5) is 0 Å². The Morgan fingerprint density at radius 3 is 2.78 bits per heavy atom. The van der Waals surface area contributed by atoms with Gasteiger partial charge >= 0.3 is 0 Å². The highest BCUT2D eigenvalue weighted by Gasteiger charge is 2.17. The van der Waals surface area contributed by atoms with Crippen LogP contribution in [0.15, 0.2) is 41.0 Å². The van der Waals surface area contributed by atoms with Crippen LogP contribution >= 0.6 is 15.9 Å². The molecule has 2 rings (SSSR count). The molecule has 0 saturated carbocycles. The second kappa shape index (κ2) is 6.13. The maximum absolute atomic E-state index is 6.30. The Morgan fingerprint density at radius 2 is 2.11 bits per heavy atom. The van der Waals surface area contributed by atoms with Gasteiger partial charge in [0.15, 0.2) is 0 Å². The number of ether oxygens (including phenoxy) is 1. The average molecular weight is 310 g/mol. The summed E-state index contributed by atoms with van der Waals surface area (Å²) in [7, 11) is 1.68. The summed E-state index contributed by atoms with van der Waals surface area (Å²) < 4.78 is 7.88. The molecule has 0 spiro atoms. The molecule has 1 aromatic carbocycles. The van der Waals surface area contributed by atoms with E-state index in [0.29, 0.717) is 13.2 Å². The van der Waals surface area contributed by atoms with Crippen molar-refractivity contribution in [2.45, 2.75) is 12.6 Å². The van der Waals surface area contributed by atoms with Gasteiger partial charge in [0.25, 0.3) is 0 Å². The summed E-state index contributed by atoms with van der Waals surface area (Å²) in [5.41, 5.74) is 8.34. The standard InChI is InChI=1S/C13H16BrN3O/c1-18-8-7-17-13(11(14)9-16-17)12(15)10-5-3-2-4-6-10/h2-6,9,12H,7-8,15H2,1H3. The highest BCUT2D eigenvalue weighted by atomic mass is 79.9. The van der Waals surface area contributed by atoms with E-state index in [4.69, 9.17) is 10.5 Å². The lowest BCUT2D eigenvalue weighted by Crippen LogP contribution is -2.19. The smallest absolute Gasteiger partial charge is 0.0739 e. The summed E-state index contributed by atoms with van der Waals surface area (Å²) in [5, 5.41) is 4.31. The molecule has 1 heterocycles. The quantitative estimate of drug-likeness (QED) is 0.922. The van der Waals surface area contributed by atoms with E-state index in [9.17, 15) is 0 Å². The van der Waals surface area contributed by atoms with E-state index in [1.165, 1.54) is 0 Å². The second-order valence-corrected chi connectivity index (χ2v) is 4.84. The third-order valence-corrected chi connectivity index (χ3v) is 3.40. The van der Waals surface area contributed by atoms with Gasteiger partial charge in [-0.3, -0.25) is 4.68 Å². The SMILES string of the molecule is COCCn1ncc(Br)c1C(N)c1ccccc1. The Morgan fingerprint density at radius 1 is 1.39 bits per heavy atom. The zero-order chi connectivity index (χ0) is 13.0. The molecule has 96 valence electrons. The van der Waals surface area contributed by atoms with Crippen molar-refractivity contribution >= 4 is 15.9 Å². The minimum Gasteiger partial charge on any atom is -0.383 e. The van der Waals surface area contributed by atoms with Crippen LogP contribution in [-0.2, 0) is 11.3 Å². The first-order valence-corrected chi connectivity index (χ1v) is 6.54. The van der Waals surface area contributed by atoms with Gasteiger partial charge in [-0.05, 0) is 21.5 Å². The van der Waals surface area contributed by atoms with Gasteiger partial charge in [-0.2, -0.15) is 5.10 Å². The van der Waals surface area contributed by atoms with E-state index in [1.807, 2.05) is 35.0 Å². The summed E-state index contributed by atoms with van der Waals surface area (Å²) >= 11 is 3.50.